The van der Waals surface area contributed by atoms with E-state index in [1.165, 1.54) is 25.4 Å². The molecule has 2 heteroatoms. The average Bonchev–Trinajstić information content (AvgIpc) is 2.19. The summed E-state index contributed by atoms with van der Waals surface area (Å²) in [6.07, 6.45) is 5.72. The number of hydrogen-bond donors (Lipinski definition) is 0. The SMILES string of the molecule is CCCCC[PH2+]Pc1ccccc1. The minimum Gasteiger partial charge on any atom is -0.0654 e. The third kappa shape index (κ3) is 5.40. The molecule has 0 radical (unpaired) electrons. The molecule has 1 rings (SSSR count). The van der Waals surface area contributed by atoms with Crippen molar-refractivity contribution in [1.29, 1.82) is 0 Å². The fourth-order valence-corrected chi connectivity index (χ4v) is 4.81. The van der Waals surface area contributed by atoms with Gasteiger partial charge in [0.15, 0.2) is 0 Å². The standard InChI is InChI=1S/C11H18P2/c1-2-3-7-10-12-13-11-8-5-4-6-9-11/h4-6,8-9,12-13H,2-3,7,10H2,1H3/p+1. The van der Waals surface area contributed by atoms with Crippen molar-refractivity contribution in [3.05, 3.63) is 30.3 Å². The quantitative estimate of drug-likeness (QED) is 0.501. The lowest BCUT2D eigenvalue weighted by Crippen LogP contribution is -1.87. The zero-order valence-electron chi connectivity index (χ0n) is 8.29. The third-order valence-electron chi connectivity index (χ3n) is 1.99. The van der Waals surface area contributed by atoms with Crippen LogP contribution in [0, 0.1) is 0 Å². The molecule has 0 N–H and O–H groups in total. The first-order valence-corrected chi connectivity index (χ1v) is 8.69. The summed E-state index contributed by atoms with van der Waals surface area (Å²) in [5, 5.41) is 1.55. The Bertz CT molecular complexity index is 209. The van der Waals surface area contributed by atoms with E-state index in [9.17, 15) is 0 Å². The molecule has 0 aliphatic carbocycles. The Balaban J connectivity index is 2.07. The van der Waals surface area contributed by atoms with E-state index >= 15 is 0 Å². The van der Waals surface area contributed by atoms with E-state index in [-0.39, 0.29) is 0 Å². The van der Waals surface area contributed by atoms with Crippen molar-refractivity contribution in [3.63, 3.8) is 0 Å². The Labute approximate surface area is 85.0 Å². The van der Waals surface area contributed by atoms with Crippen LogP contribution in [0.15, 0.2) is 30.3 Å². The number of benzene rings is 1. The van der Waals surface area contributed by atoms with Crippen LogP contribution in [0.25, 0.3) is 0 Å². The van der Waals surface area contributed by atoms with Crippen LogP contribution in [-0.4, -0.2) is 6.16 Å². The number of rotatable bonds is 6. The van der Waals surface area contributed by atoms with Gasteiger partial charge in [0, 0.05) is 13.6 Å². The summed E-state index contributed by atoms with van der Waals surface area (Å²) in [5.41, 5.74) is 0. The van der Waals surface area contributed by atoms with E-state index in [0.29, 0.717) is 8.27 Å². The molecule has 0 aromatic heterocycles. The molecule has 0 amide bonds. The van der Waals surface area contributed by atoms with Gasteiger partial charge >= 0.3 is 0 Å². The lowest BCUT2D eigenvalue weighted by molar-refractivity contribution is 0.778. The molecular formula is C11H19P2+. The highest BCUT2D eigenvalue weighted by molar-refractivity contribution is 8.15. The van der Waals surface area contributed by atoms with E-state index in [1.54, 1.807) is 5.30 Å². The molecule has 72 valence electrons. The van der Waals surface area contributed by atoms with Gasteiger partial charge in [-0.3, -0.25) is 0 Å². The predicted octanol–water partition coefficient (Wildman–Crippen LogP) is 3.51. The molecule has 0 fully saturated rings. The summed E-state index contributed by atoms with van der Waals surface area (Å²) >= 11 is 0. The van der Waals surface area contributed by atoms with Crippen molar-refractivity contribution in [2.45, 2.75) is 26.2 Å². The first-order chi connectivity index (χ1) is 6.43. The molecule has 2 unspecified atom stereocenters. The summed E-state index contributed by atoms with van der Waals surface area (Å²) in [7, 11) is 1.78. The van der Waals surface area contributed by atoms with Crippen molar-refractivity contribution in [1.82, 2.24) is 0 Å². The average molecular weight is 213 g/mol. The largest absolute Gasteiger partial charge is 0.0679 e. The van der Waals surface area contributed by atoms with Crippen LogP contribution in [-0.2, 0) is 0 Å². The second-order valence-corrected chi connectivity index (χ2v) is 7.15. The van der Waals surface area contributed by atoms with Crippen molar-refractivity contribution in [3.8, 4) is 0 Å². The van der Waals surface area contributed by atoms with Crippen molar-refractivity contribution in [2.24, 2.45) is 0 Å². The molecule has 0 saturated heterocycles. The Morgan fingerprint density at radius 1 is 1.15 bits per heavy atom. The van der Waals surface area contributed by atoms with Gasteiger partial charge in [-0.1, -0.05) is 50.1 Å². The van der Waals surface area contributed by atoms with Gasteiger partial charge < -0.3 is 0 Å². The molecule has 0 aliphatic heterocycles. The Kier molecular flexibility index (Phi) is 6.42. The molecular weight excluding hydrogens is 194 g/mol. The van der Waals surface area contributed by atoms with Gasteiger partial charge in [0.2, 0.25) is 0 Å². The number of unbranched alkanes of at least 4 members (excludes halogenated alkanes) is 2. The molecule has 0 aliphatic rings. The monoisotopic (exact) mass is 213 g/mol. The normalized spacial score (nSPS) is 12.1. The van der Waals surface area contributed by atoms with Crippen LogP contribution in [0.3, 0.4) is 0 Å². The molecule has 0 nitrogen and oxygen atoms in total. The van der Waals surface area contributed by atoms with Gasteiger partial charge in [-0.15, -0.1) is 0 Å². The molecule has 0 bridgehead atoms. The van der Waals surface area contributed by atoms with Crippen LogP contribution in [0.2, 0.25) is 0 Å². The van der Waals surface area contributed by atoms with Gasteiger partial charge in [0.25, 0.3) is 0 Å². The summed E-state index contributed by atoms with van der Waals surface area (Å²) in [6.45, 7) is 2.27. The maximum Gasteiger partial charge on any atom is 0.0679 e. The second kappa shape index (κ2) is 7.48. The highest BCUT2D eigenvalue weighted by Crippen LogP contribution is 2.36. The van der Waals surface area contributed by atoms with Gasteiger partial charge in [0.1, 0.15) is 0 Å². The highest BCUT2D eigenvalue weighted by atomic mass is 32.0. The number of hydrogen-bond acceptors (Lipinski definition) is 0. The van der Waals surface area contributed by atoms with Gasteiger partial charge in [-0.25, -0.2) is 0 Å². The van der Waals surface area contributed by atoms with E-state index in [1.807, 2.05) is 0 Å². The Hall–Kier alpha value is 0.0800. The minimum atomic E-state index is 0.684. The first kappa shape index (κ1) is 11.2. The van der Waals surface area contributed by atoms with Crippen molar-refractivity contribution >= 4 is 21.8 Å². The van der Waals surface area contributed by atoms with Gasteiger partial charge in [-0.05, 0) is 6.42 Å². The van der Waals surface area contributed by atoms with E-state index in [0.717, 1.165) is 8.27 Å². The summed E-state index contributed by atoms with van der Waals surface area (Å²) in [5.74, 6) is 0. The Morgan fingerprint density at radius 2 is 1.92 bits per heavy atom. The summed E-state index contributed by atoms with van der Waals surface area (Å²) in [4.78, 5) is 0. The molecule has 0 saturated carbocycles. The van der Waals surface area contributed by atoms with Crippen LogP contribution >= 0.6 is 16.5 Å². The topological polar surface area (TPSA) is 0 Å². The lowest BCUT2D eigenvalue weighted by Gasteiger charge is -1.95. The van der Waals surface area contributed by atoms with Gasteiger partial charge in [-0.2, -0.15) is 0 Å². The maximum atomic E-state index is 2.27. The first-order valence-electron chi connectivity index (χ1n) is 5.06. The Morgan fingerprint density at radius 3 is 2.62 bits per heavy atom. The molecule has 1 aromatic carbocycles. The minimum absolute atomic E-state index is 0.684. The van der Waals surface area contributed by atoms with Crippen LogP contribution in [0.4, 0.5) is 0 Å². The van der Waals surface area contributed by atoms with Crippen molar-refractivity contribution < 1.29 is 0 Å². The zero-order chi connectivity index (χ0) is 9.36. The van der Waals surface area contributed by atoms with Crippen LogP contribution in [0.5, 0.6) is 0 Å². The smallest absolute Gasteiger partial charge is 0.0654 e. The van der Waals surface area contributed by atoms with Crippen LogP contribution < -0.4 is 5.30 Å². The fraction of sp³-hybridized carbons (Fsp3) is 0.455. The van der Waals surface area contributed by atoms with Gasteiger partial charge in [0.05, 0.1) is 14.4 Å². The van der Waals surface area contributed by atoms with E-state index < -0.39 is 0 Å². The highest BCUT2D eigenvalue weighted by Gasteiger charge is 1.97. The second-order valence-electron chi connectivity index (χ2n) is 3.21. The predicted molar refractivity (Wildman–Crippen MR) is 68.5 cm³/mol. The van der Waals surface area contributed by atoms with E-state index in [4.69, 9.17) is 0 Å². The maximum absolute atomic E-state index is 2.27. The fourth-order valence-electron chi connectivity index (χ4n) is 1.22. The van der Waals surface area contributed by atoms with Crippen LogP contribution in [0.1, 0.15) is 26.2 Å². The summed E-state index contributed by atoms with van der Waals surface area (Å²) < 4.78 is 0. The lowest BCUT2D eigenvalue weighted by atomic mass is 10.3. The zero-order valence-corrected chi connectivity index (χ0v) is 10.4. The van der Waals surface area contributed by atoms with Crippen molar-refractivity contribution in [2.75, 3.05) is 6.16 Å². The third-order valence-corrected chi connectivity index (χ3v) is 6.04. The molecule has 0 spiro atoms. The molecule has 13 heavy (non-hydrogen) atoms. The molecule has 2 atom stereocenters. The summed E-state index contributed by atoms with van der Waals surface area (Å²) in [6, 6.07) is 10.9. The molecule has 0 heterocycles. The van der Waals surface area contributed by atoms with E-state index in [2.05, 4.69) is 37.3 Å². The molecule has 1 aromatic rings.